The molecule has 0 saturated heterocycles. The summed E-state index contributed by atoms with van der Waals surface area (Å²) in [6, 6.07) is 16.8. The van der Waals surface area contributed by atoms with Crippen LogP contribution < -0.4 is 16.4 Å². The van der Waals surface area contributed by atoms with Crippen molar-refractivity contribution in [1.82, 2.24) is 15.0 Å². The first-order valence-electron chi connectivity index (χ1n) is 8.99. The average Bonchev–Trinajstić information content (AvgIpc) is 3.22. The predicted octanol–water partition coefficient (Wildman–Crippen LogP) is 4.04. The van der Waals surface area contributed by atoms with E-state index in [1.165, 1.54) is 22.0 Å². The lowest BCUT2D eigenvalue weighted by atomic mass is 10.2. The number of thiophene rings is 1. The highest BCUT2D eigenvalue weighted by Gasteiger charge is 2.14. The molecule has 0 unspecified atom stereocenters. The van der Waals surface area contributed by atoms with Gasteiger partial charge in [0, 0.05) is 17.0 Å². The van der Waals surface area contributed by atoms with Crippen LogP contribution in [-0.4, -0.2) is 15.5 Å². The number of aromatic nitrogens is 2. The lowest BCUT2D eigenvalue weighted by Gasteiger charge is -2.13. The maximum Gasteiger partial charge on any atom is 0.279 e. The van der Waals surface area contributed by atoms with Crippen molar-refractivity contribution < 1.29 is 9.18 Å². The van der Waals surface area contributed by atoms with Gasteiger partial charge in [-0.25, -0.2) is 9.37 Å². The summed E-state index contributed by atoms with van der Waals surface area (Å²) >= 11 is 1.18. The van der Waals surface area contributed by atoms with E-state index in [0.717, 1.165) is 0 Å². The van der Waals surface area contributed by atoms with E-state index in [4.69, 9.17) is 0 Å². The van der Waals surface area contributed by atoms with Gasteiger partial charge in [0.1, 0.15) is 5.82 Å². The van der Waals surface area contributed by atoms with Crippen LogP contribution in [0.2, 0.25) is 0 Å². The molecule has 2 aromatic carbocycles. The number of nitrogens with zero attached hydrogens (tertiary/aromatic N) is 2. The summed E-state index contributed by atoms with van der Waals surface area (Å²) in [5.41, 5.74) is 6.10. The molecule has 0 radical (unpaired) electrons. The van der Waals surface area contributed by atoms with E-state index < -0.39 is 5.91 Å². The van der Waals surface area contributed by atoms with Crippen LogP contribution in [0.15, 0.2) is 65.5 Å². The zero-order chi connectivity index (χ0) is 20.4. The Morgan fingerprint density at radius 1 is 1.10 bits per heavy atom. The second kappa shape index (κ2) is 7.84. The minimum Gasteiger partial charge on any atom is -0.277 e. The summed E-state index contributed by atoms with van der Waals surface area (Å²) in [6.07, 6.45) is 0. The molecule has 1 amide bonds. The lowest BCUT2D eigenvalue weighted by molar-refractivity contribution is 0.0966. The SMILES string of the molecule is CCn1c(NNC(=O)c2ccc(-c3ccccc3F)s2)nc2ccccc2c1=O. The van der Waals surface area contributed by atoms with Crippen LogP contribution in [0, 0.1) is 5.82 Å². The molecule has 0 bridgehead atoms. The Hall–Kier alpha value is -3.52. The Labute approximate surface area is 169 Å². The molecule has 0 aliphatic rings. The minimum atomic E-state index is -0.400. The van der Waals surface area contributed by atoms with E-state index in [1.807, 2.05) is 6.92 Å². The summed E-state index contributed by atoms with van der Waals surface area (Å²) in [5, 5.41) is 0.513. The van der Waals surface area contributed by atoms with Gasteiger partial charge in [0.05, 0.1) is 15.8 Å². The minimum absolute atomic E-state index is 0.187. The Balaban J connectivity index is 1.56. The van der Waals surface area contributed by atoms with Gasteiger partial charge in [-0.05, 0) is 37.3 Å². The molecule has 0 saturated carbocycles. The van der Waals surface area contributed by atoms with E-state index in [-0.39, 0.29) is 17.3 Å². The Morgan fingerprint density at radius 3 is 2.66 bits per heavy atom. The number of carbonyl (C=O) groups is 1. The largest absolute Gasteiger partial charge is 0.279 e. The van der Waals surface area contributed by atoms with E-state index in [2.05, 4.69) is 15.8 Å². The van der Waals surface area contributed by atoms with E-state index in [0.29, 0.717) is 32.8 Å². The Morgan fingerprint density at radius 2 is 1.86 bits per heavy atom. The van der Waals surface area contributed by atoms with Crippen LogP contribution in [-0.2, 0) is 6.54 Å². The third-order valence-corrected chi connectivity index (χ3v) is 5.55. The number of hydrogen-bond acceptors (Lipinski definition) is 5. The summed E-state index contributed by atoms with van der Waals surface area (Å²) < 4.78 is 15.4. The van der Waals surface area contributed by atoms with Crippen molar-refractivity contribution in [3.8, 4) is 10.4 Å². The van der Waals surface area contributed by atoms with Crippen molar-refractivity contribution in [2.75, 3.05) is 5.43 Å². The first-order valence-corrected chi connectivity index (χ1v) is 9.81. The number of anilines is 1. The molecule has 29 heavy (non-hydrogen) atoms. The summed E-state index contributed by atoms with van der Waals surface area (Å²) in [4.78, 5) is 30.6. The fourth-order valence-electron chi connectivity index (χ4n) is 3.00. The normalized spacial score (nSPS) is 10.8. The highest BCUT2D eigenvalue weighted by molar-refractivity contribution is 7.17. The number of rotatable bonds is 5. The monoisotopic (exact) mass is 408 g/mol. The maximum atomic E-state index is 14.0. The number of halogens is 1. The van der Waals surface area contributed by atoms with Gasteiger partial charge in [0.25, 0.3) is 11.5 Å². The molecule has 6 nitrogen and oxygen atoms in total. The van der Waals surface area contributed by atoms with Crippen molar-refractivity contribution in [2.24, 2.45) is 0 Å². The molecular formula is C21H17FN4O2S. The smallest absolute Gasteiger partial charge is 0.277 e. The second-order valence-corrected chi connectivity index (χ2v) is 7.31. The molecule has 0 fully saturated rings. The maximum absolute atomic E-state index is 14.0. The topological polar surface area (TPSA) is 76.0 Å². The molecule has 8 heteroatoms. The van der Waals surface area contributed by atoms with Gasteiger partial charge in [-0.2, -0.15) is 0 Å². The molecule has 0 spiro atoms. The fraction of sp³-hybridized carbons (Fsp3) is 0.0952. The van der Waals surface area contributed by atoms with Crippen molar-refractivity contribution >= 4 is 34.1 Å². The molecule has 0 aliphatic carbocycles. The van der Waals surface area contributed by atoms with Crippen LogP contribution in [0.3, 0.4) is 0 Å². The first kappa shape index (κ1) is 18.8. The van der Waals surface area contributed by atoms with Crippen LogP contribution in [0.25, 0.3) is 21.3 Å². The molecule has 4 rings (SSSR count). The number of amides is 1. The third kappa shape index (κ3) is 3.62. The molecule has 0 atom stereocenters. The van der Waals surface area contributed by atoms with Crippen LogP contribution in [0.5, 0.6) is 0 Å². The molecule has 2 heterocycles. The van der Waals surface area contributed by atoms with Crippen molar-refractivity contribution in [3.05, 3.63) is 81.7 Å². The molecular weight excluding hydrogens is 391 g/mol. The van der Waals surface area contributed by atoms with Gasteiger partial charge in [-0.3, -0.25) is 25.0 Å². The zero-order valence-electron chi connectivity index (χ0n) is 15.5. The third-order valence-electron chi connectivity index (χ3n) is 4.43. The van der Waals surface area contributed by atoms with Crippen molar-refractivity contribution in [2.45, 2.75) is 13.5 Å². The summed E-state index contributed by atoms with van der Waals surface area (Å²) in [7, 11) is 0. The van der Waals surface area contributed by atoms with Gasteiger partial charge in [-0.15, -0.1) is 11.3 Å². The number of hydrogen-bond donors (Lipinski definition) is 2. The van der Waals surface area contributed by atoms with Crippen LogP contribution >= 0.6 is 11.3 Å². The van der Waals surface area contributed by atoms with Crippen molar-refractivity contribution in [1.29, 1.82) is 0 Å². The quantitative estimate of drug-likeness (QED) is 0.489. The number of benzene rings is 2. The number of para-hydroxylation sites is 1. The highest BCUT2D eigenvalue weighted by atomic mass is 32.1. The number of carbonyl (C=O) groups excluding carboxylic acids is 1. The number of hydrazine groups is 1. The average molecular weight is 408 g/mol. The Kier molecular flexibility index (Phi) is 5.09. The fourth-order valence-corrected chi connectivity index (χ4v) is 3.93. The Bertz CT molecular complexity index is 1270. The standard InChI is InChI=1S/C21H17FN4O2S/c1-2-26-20(28)14-8-4-6-10-16(14)23-21(26)25-24-19(27)18-12-11-17(29-18)13-7-3-5-9-15(13)22/h3-12H,2H2,1H3,(H,23,25)(H,24,27). The molecule has 146 valence electrons. The van der Waals surface area contributed by atoms with Crippen LogP contribution in [0.1, 0.15) is 16.6 Å². The highest BCUT2D eigenvalue weighted by Crippen LogP contribution is 2.29. The van der Waals surface area contributed by atoms with Gasteiger partial charge < -0.3 is 0 Å². The lowest BCUT2D eigenvalue weighted by Crippen LogP contribution is -2.34. The molecule has 2 N–H and O–H groups in total. The van der Waals surface area contributed by atoms with E-state index in [9.17, 15) is 14.0 Å². The molecule has 4 aromatic rings. The van der Waals surface area contributed by atoms with Gasteiger partial charge in [0.15, 0.2) is 0 Å². The number of fused-ring (bicyclic) bond motifs is 1. The first-order chi connectivity index (χ1) is 14.1. The zero-order valence-corrected chi connectivity index (χ0v) is 16.3. The summed E-state index contributed by atoms with van der Waals surface area (Å²) in [5.74, 6) is -0.496. The molecule has 0 aliphatic heterocycles. The number of nitrogens with one attached hydrogen (secondary N) is 2. The predicted molar refractivity (Wildman–Crippen MR) is 112 cm³/mol. The van der Waals surface area contributed by atoms with E-state index >= 15 is 0 Å². The van der Waals surface area contributed by atoms with Gasteiger partial charge in [-0.1, -0.05) is 30.3 Å². The van der Waals surface area contributed by atoms with Gasteiger partial charge in [0.2, 0.25) is 5.95 Å². The van der Waals surface area contributed by atoms with E-state index in [1.54, 1.807) is 54.6 Å². The van der Waals surface area contributed by atoms with Crippen molar-refractivity contribution in [3.63, 3.8) is 0 Å². The summed E-state index contributed by atoms with van der Waals surface area (Å²) in [6.45, 7) is 2.22. The van der Waals surface area contributed by atoms with Gasteiger partial charge >= 0.3 is 0 Å². The van der Waals surface area contributed by atoms with Crippen LogP contribution in [0.4, 0.5) is 10.3 Å². The second-order valence-electron chi connectivity index (χ2n) is 6.22. The molecule has 2 aromatic heterocycles.